The number of ether oxygens (including phenoxy) is 1. The minimum Gasteiger partial charge on any atom is -0.463 e. The van der Waals surface area contributed by atoms with Crippen molar-refractivity contribution in [1.29, 1.82) is 0 Å². The first kappa shape index (κ1) is 13.9. The highest BCUT2D eigenvalue weighted by atomic mass is 16.5. The van der Waals surface area contributed by atoms with Crippen molar-refractivity contribution in [2.75, 3.05) is 25.1 Å². The summed E-state index contributed by atoms with van der Waals surface area (Å²) in [7, 11) is 1.97. The summed E-state index contributed by atoms with van der Waals surface area (Å²) >= 11 is 0. The molecule has 0 radical (unpaired) electrons. The summed E-state index contributed by atoms with van der Waals surface area (Å²) in [4.78, 5) is 13.0. The molecule has 0 unspecified atom stereocenters. The minimum absolute atomic E-state index is 0.358. The third-order valence-corrected chi connectivity index (χ3v) is 2.20. The van der Waals surface area contributed by atoms with Crippen molar-refractivity contribution in [3.05, 3.63) is 42.5 Å². The van der Waals surface area contributed by atoms with Crippen molar-refractivity contribution < 1.29 is 9.53 Å². The standard InChI is InChI=1S/C15H17NO2/c1-3-18-15(17)12-8-5-9-13-16(2)14-10-6-4-7-11-14/h4,6-8,10-12H,3,13H2,1-2H3/b12-8-. The average Bonchev–Trinajstić information content (AvgIpc) is 2.39. The monoisotopic (exact) mass is 243 g/mol. The highest BCUT2D eigenvalue weighted by Crippen LogP contribution is 2.09. The topological polar surface area (TPSA) is 29.5 Å². The molecule has 18 heavy (non-hydrogen) atoms. The molecule has 0 saturated heterocycles. The number of carbonyl (C=O) groups is 1. The van der Waals surface area contributed by atoms with Crippen LogP contribution in [0.4, 0.5) is 5.69 Å². The zero-order valence-electron chi connectivity index (χ0n) is 10.7. The molecule has 1 rings (SSSR count). The number of benzene rings is 1. The number of rotatable bonds is 4. The molecular weight excluding hydrogens is 226 g/mol. The molecule has 1 aromatic rings. The van der Waals surface area contributed by atoms with Gasteiger partial charge in [0.2, 0.25) is 0 Å². The Balaban J connectivity index is 2.40. The maximum Gasteiger partial charge on any atom is 0.331 e. The number of para-hydroxylation sites is 1. The Morgan fingerprint density at radius 3 is 2.78 bits per heavy atom. The van der Waals surface area contributed by atoms with Gasteiger partial charge in [-0.3, -0.25) is 0 Å². The van der Waals surface area contributed by atoms with Gasteiger partial charge in [0.15, 0.2) is 0 Å². The summed E-state index contributed by atoms with van der Waals surface area (Å²) < 4.78 is 4.73. The van der Waals surface area contributed by atoms with Crippen LogP contribution in [-0.2, 0) is 9.53 Å². The second-order valence-electron chi connectivity index (χ2n) is 3.60. The van der Waals surface area contributed by atoms with E-state index in [1.54, 1.807) is 6.92 Å². The molecule has 0 bridgehead atoms. The lowest BCUT2D eigenvalue weighted by Gasteiger charge is -2.15. The molecule has 0 atom stereocenters. The lowest BCUT2D eigenvalue weighted by molar-refractivity contribution is -0.137. The van der Waals surface area contributed by atoms with Gasteiger partial charge in [-0.25, -0.2) is 4.79 Å². The van der Waals surface area contributed by atoms with Gasteiger partial charge in [-0.1, -0.05) is 30.0 Å². The maximum atomic E-state index is 11.0. The summed E-state index contributed by atoms with van der Waals surface area (Å²) in [5, 5.41) is 0. The molecule has 0 saturated carbocycles. The van der Waals surface area contributed by atoms with E-state index in [1.807, 2.05) is 42.3 Å². The fourth-order valence-corrected chi connectivity index (χ4v) is 1.30. The van der Waals surface area contributed by atoms with Gasteiger partial charge in [-0.05, 0) is 25.1 Å². The molecule has 3 heteroatoms. The molecule has 0 aromatic heterocycles. The van der Waals surface area contributed by atoms with Crippen LogP contribution in [0.25, 0.3) is 0 Å². The Labute approximate surface area is 108 Å². The summed E-state index contributed by atoms with van der Waals surface area (Å²) in [5.74, 6) is 5.41. The van der Waals surface area contributed by atoms with Crippen LogP contribution in [-0.4, -0.2) is 26.2 Å². The molecule has 0 aliphatic heterocycles. The predicted molar refractivity (Wildman–Crippen MR) is 73.3 cm³/mol. The van der Waals surface area contributed by atoms with Crippen LogP contribution in [0.3, 0.4) is 0 Å². The molecule has 0 aliphatic carbocycles. The predicted octanol–water partition coefficient (Wildman–Crippen LogP) is 2.25. The molecule has 0 heterocycles. The van der Waals surface area contributed by atoms with Crippen molar-refractivity contribution in [1.82, 2.24) is 0 Å². The minimum atomic E-state index is -0.358. The van der Waals surface area contributed by atoms with E-state index in [2.05, 4.69) is 11.8 Å². The highest BCUT2D eigenvalue weighted by molar-refractivity contribution is 5.82. The quantitative estimate of drug-likeness (QED) is 0.461. The molecule has 0 fully saturated rings. The van der Waals surface area contributed by atoms with E-state index in [-0.39, 0.29) is 5.97 Å². The molecular formula is C15H17NO2. The second-order valence-corrected chi connectivity index (χ2v) is 3.60. The lowest BCUT2D eigenvalue weighted by atomic mass is 10.3. The number of nitrogens with zero attached hydrogens (tertiary/aromatic N) is 1. The normalized spacial score (nSPS) is 9.67. The molecule has 0 amide bonds. The van der Waals surface area contributed by atoms with Gasteiger partial charge in [0, 0.05) is 18.8 Å². The molecule has 3 nitrogen and oxygen atoms in total. The van der Waals surface area contributed by atoms with Crippen molar-refractivity contribution in [2.45, 2.75) is 6.92 Å². The number of carbonyl (C=O) groups excluding carboxylic acids is 1. The molecule has 0 aliphatic rings. The third kappa shape index (κ3) is 5.22. The van der Waals surface area contributed by atoms with Gasteiger partial charge in [-0.2, -0.15) is 0 Å². The lowest BCUT2D eigenvalue weighted by Crippen LogP contribution is -2.16. The largest absolute Gasteiger partial charge is 0.463 e. The van der Waals surface area contributed by atoms with Gasteiger partial charge in [0.1, 0.15) is 0 Å². The Morgan fingerprint density at radius 2 is 2.11 bits per heavy atom. The van der Waals surface area contributed by atoms with Crippen LogP contribution in [0.1, 0.15) is 6.92 Å². The van der Waals surface area contributed by atoms with Gasteiger partial charge in [0.05, 0.1) is 13.2 Å². The first-order valence-electron chi connectivity index (χ1n) is 5.82. The van der Waals surface area contributed by atoms with Gasteiger partial charge in [0.25, 0.3) is 0 Å². The number of esters is 1. The Morgan fingerprint density at radius 1 is 1.39 bits per heavy atom. The van der Waals surface area contributed by atoms with E-state index in [0.717, 1.165) is 5.69 Å². The fourth-order valence-electron chi connectivity index (χ4n) is 1.30. The number of hydrogen-bond acceptors (Lipinski definition) is 3. The van der Waals surface area contributed by atoms with E-state index in [0.29, 0.717) is 13.2 Å². The maximum absolute atomic E-state index is 11.0. The van der Waals surface area contributed by atoms with E-state index < -0.39 is 0 Å². The average molecular weight is 243 g/mol. The van der Waals surface area contributed by atoms with Crippen LogP contribution >= 0.6 is 0 Å². The van der Waals surface area contributed by atoms with Crippen LogP contribution in [0, 0.1) is 11.8 Å². The van der Waals surface area contributed by atoms with E-state index in [1.165, 1.54) is 12.2 Å². The van der Waals surface area contributed by atoms with Crippen molar-refractivity contribution >= 4 is 11.7 Å². The van der Waals surface area contributed by atoms with E-state index >= 15 is 0 Å². The Bertz CT molecular complexity index is 454. The Kier molecular flexibility index (Phi) is 6.13. The fraction of sp³-hybridized carbons (Fsp3) is 0.267. The molecule has 0 spiro atoms. The smallest absolute Gasteiger partial charge is 0.331 e. The van der Waals surface area contributed by atoms with Crippen molar-refractivity contribution in [3.63, 3.8) is 0 Å². The zero-order chi connectivity index (χ0) is 13.2. The first-order chi connectivity index (χ1) is 8.74. The van der Waals surface area contributed by atoms with Gasteiger partial charge in [-0.15, -0.1) is 0 Å². The third-order valence-electron chi connectivity index (χ3n) is 2.20. The SMILES string of the molecule is CCOC(=O)/C=C\C#CCN(C)c1ccccc1. The number of anilines is 1. The zero-order valence-corrected chi connectivity index (χ0v) is 10.7. The summed E-state index contributed by atoms with van der Waals surface area (Å²) in [5.41, 5.74) is 1.11. The van der Waals surface area contributed by atoms with Crippen LogP contribution in [0.15, 0.2) is 42.5 Å². The summed E-state index contributed by atoms with van der Waals surface area (Å²) in [6, 6.07) is 10.00. The summed E-state index contributed by atoms with van der Waals surface area (Å²) in [6.07, 6.45) is 2.84. The second kappa shape index (κ2) is 7.97. The van der Waals surface area contributed by atoms with Gasteiger partial charge >= 0.3 is 5.97 Å². The van der Waals surface area contributed by atoms with E-state index in [4.69, 9.17) is 4.74 Å². The van der Waals surface area contributed by atoms with Crippen LogP contribution in [0.5, 0.6) is 0 Å². The molecule has 0 N–H and O–H groups in total. The molecule has 94 valence electrons. The van der Waals surface area contributed by atoms with Gasteiger partial charge < -0.3 is 9.64 Å². The van der Waals surface area contributed by atoms with Crippen LogP contribution < -0.4 is 4.90 Å². The first-order valence-corrected chi connectivity index (χ1v) is 5.82. The summed E-state index contributed by atoms with van der Waals surface area (Å²) in [6.45, 7) is 2.76. The van der Waals surface area contributed by atoms with Crippen molar-refractivity contribution in [2.24, 2.45) is 0 Å². The number of allylic oxidation sites excluding steroid dienone is 1. The van der Waals surface area contributed by atoms with Crippen molar-refractivity contribution in [3.8, 4) is 11.8 Å². The Hall–Kier alpha value is -2.21. The van der Waals surface area contributed by atoms with E-state index in [9.17, 15) is 4.79 Å². The highest BCUT2D eigenvalue weighted by Gasteiger charge is 1.95. The number of hydrogen-bond donors (Lipinski definition) is 0. The van der Waals surface area contributed by atoms with Crippen LogP contribution in [0.2, 0.25) is 0 Å². The molecule has 1 aromatic carbocycles.